The molecule has 0 spiro atoms. The van der Waals surface area contributed by atoms with Gasteiger partial charge in [0.25, 0.3) is 5.91 Å². The van der Waals surface area contributed by atoms with Gasteiger partial charge in [0, 0.05) is 18.7 Å². The van der Waals surface area contributed by atoms with Gasteiger partial charge in [0.2, 0.25) is 0 Å². The van der Waals surface area contributed by atoms with Crippen molar-refractivity contribution >= 4 is 5.91 Å². The summed E-state index contributed by atoms with van der Waals surface area (Å²) in [6.45, 7) is 2.14. The van der Waals surface area contributed by atoms with Gasteiger partial charge in [0.15, 0.2) is 0 Å². The molecule has 4 rings (SSSR count). The van der Waals surface area contributed by atoms with Gasteiger partial charge in [-0.15, -0.1) is 0 Å². The van der Waals surface area contributed by atoms with Crippen molar-refractivity contribution in [3.63, 3.8) is 0 Å². The minimum absolute atomic E-state index is 0.0226. The summed E-state index contributed by atoms with van der Waals surface area (Å²) >= 11 is 0. The number of carbonyl (C=O) groups is 1. The van der Waals surface area contributed by atoms with E-state index >= 15 is 0 Å². The predicted molar refractivity (Wildman–Crippen MR) is 101 cm³/mol. The number of hydrogen-bond donors (Lipinski definition) is 0. The maximum Gasteiger partial charge on any atom is 0.272 e. The van der Waals surface area contributed by atoms with Gasteiger partial charge < -0.3 is 14.4 Å². The molecule has 138 valence electrons. The van der Waals surface area contributed by atoms with Gasteiger partial charge in [0.1, 0.15) is 29.5 Å². The molecule has 6 nitrogen and oxygen atoms in total. The molecule has 1 aliphatic rings. The fourth-order valence-corrected chi connectivity index (χ4v) is 3.23. The number of ether oxygens (including phenoxy) is 2. The second-order valence-electron chi connectivity index (χ2n) is 6.38. The number of para-hydroxylation sites is 2. The molecule has 1 aromatic heterocycles. The molecule has 2 aromatic carbocycles. The van der Waals surface area contributed by atoms with Crippen molar-refractivity contribution in [3.8, 4) is 11.5 Å². The molecule has 3 aromatic rings. The van der Waals surface area contributed by atoms with Gasteiger partial charge in [-0.2, -0.15) is 5.10 Å². The summed E-state index contributed by atoms with van der Waals surface area (Å²) < 4.78 is 12.9. The number of methoxy groups -OCH3 is 1. The Bertz CT molecular complexity index is 937. The van der Waals surface area contributed by atoms with Gasteiger partial charge in [-0.1, -0.05) is 36.4 Å². The van der Waals surface area contributed by atoms with E-state index in [1.807, 2.05) is 65.6 Å². The Kier molecular flexibility index (Phi) is 4.78. The Hall–Kier alpha value is -3.28. The maximum absolute atomic E-state index is 12.9. The van der Waals surface area contributed by atoms with Crippen LogP contribution in [0.25, 0.3) is 0 Å². The van der Waals surface area contributed by atoms with Gasteiger partial charge in [-0.3, -0.25) is 9.48 Å². The lowest BCUT2D eigenvalue weighted by molar-refractivity contribution is 0.0682. The van der Waals surface area contributed by atoms with Crippen LogP contribution in [0.15, 0.2) is 60.7 Å². The average Bonchev–Trinajstić information content (AvgIpc) is 3.14. The lowest BCUT2D eigenvalue weighted by Crippen LogP contribution is -2.39. The fourth-order valence-electron chi connectivity index (χ4n) is 3.23. The van der Waals surface area contributed by atoms with Crippen molar-refractivity contribution in [2.45, 2.75) is 19.7 Å². The summed E-state index contributed by atoms with van der Waals surface area (Å²) in [4.78, 5) is 14.7. The molecule has 0 unspecified atom stereocenters. The SMILES string of the molecule is COc1ccccc1CN1CCn2nc(COc3ccccc3)cc2C1=O. The summed E-state index contributed by atoms with van der Waals surface area (Å²) in [5.41, 5.74) is 2.35. The third-order valence-corrected chi connectivity index (χ3v) is 4.60. The van der Waals surface area contributed by atoms with Crippen LogP contribution in [-0.4, -0.2) is 34.2 Å². The summed E-state index contributed by atoms with van der Waals surface area (Å²) in [6, 6.07) is 19.2. The van der Waals surface area contributed by atoms with Crippen LogP contribution < -0.4 is 9.47 Å². The van der Waals surface area contributed by atoms with E-state index in [0.29, 0.717) is 31.9 Å². The molecular formula is C21H21N3O3. The van der Waals surface area contributed by atoms with E-state index in [9.17, 15) is 4.79 Å². The number of nitrogens with zero attached hydrogens (tertiary/aromatic N) is 3. The molecule has 0 N–H and O–H groups in total. The van der Waals surface area contributed by atoms with E-state index in [-0.39, 0.29) is 5.91 Å². The second kappa shape index (κ2) is 7.53. The highest BCUT2D eigenvalue weighted by Gasteiger charge is 2.27. The smallest absolute Gasteiger partial charge is 0.272 e. The highest BCUT2D eigenvalue weighted by molar-refractivity contribution is 5.93. The average molecular weight is 363 g/mol. The Labute approximate surface area is 157 Å². The lowest BCUT2D eigenvalue weighted by Gasteiger charge is -2.28. The number of benzene rings is 2. The van der Waals surface area contributed by atoms with Gasteiger partial charge in [-0.05, 0) is 24.3 Å². The van der Waals surface area contributed by atoms with Crippen molar-refractivity contribution in [3.05, 3.63) is 77.6 Å². The van der Waals surface area contributed by atoms with Crippen LogP contribution in [0.2, 0.25) is 0 Å². The van der Waals surface area contributed by atoms with Crippen LogP contribution in [0.3, 0.4) is 0 Å². The maximum atomic E-state index is 12.9. The largest absolute Gasteiger partial charge is 0.496 e. The quantitative estimate of drug-likeness (QED) is 0.675. The van der Waals surface area contributed by atoms with Crippen LogP contribution in [-0.2, 0) is 19.7 Å². The van der Waals surface area contributed by atoms with Crippen LogP contribution in [0.5, 0.6) is 11.5 Å². The first-order valence-electron chi connectivity index (χ1n) is 8.90. The number of carbonyl (C=O) groups excluding carboxylic acids is 1. The molecule has 1 amide bonds. The van der Waals surface area contributed by atoms with Crippen molar-refractivity contribution in [2.24, 2.45) is 0 Å². The van der Waals surface area contributed by atoms with E-state index in [0.717, 1.165) is 22.8 Å². The molecule has 27 heavy (non-hydrogen) atoms. The zero-order valence-electron chi connectivity index (χ0n) is 15.2. The minimum atomic E-state index is -0.0226. The normalized spacial score (nSPS) is 13.4. The Morgan fingerprint density at radius 2 is 1.81 bits per heavy atom. The van der Waals surface area contributed by atoms with Crippen LogP contribution >= 0.6 is 0 Å². The molecule has 0 saturated heterocycles. The molecule has 0 radical (unpaired) electrons. The molecule has 0 saturated carbocycles. The minimum Gasteiger partial charge on any atom is -0.496 e. The number of rotatable bonds is 6. The third kappa shape index (κ3) is 3.65. The van der Waals surface area contributed by atoms with E-state index < -0.39 is 0 Å². The first-order valence-corrected chi connectivity index (χ1v) is 8.90. The van der Waals surface area contributed by atoms with Crippen LogP contribution in [0, 0.1) is 0 Å². The monoisotopic (exact) mass is 363 g/mol. The van der Waals surface area contributed by atoms with E-state index in [1.165, 1.54) is 0 Å². The van der Waals surface area contributed by atoms with E-state index in [4.69, 9.17) is 9.47 Å². The Balaban J connectivity index is 1.47. The van der Waals surface area contributed by atoms with E-state index in [2.05, 4.69) is 5.10 Å². The number of amides is 1. The first kappa shape index (κ1) is 17.1. The topological polar surface area (TPSA) is 56.6 Å². The predicted octanol–water partition coefficient (Wildman–Crippen LogP) is 3.13. The summed E-state index contributed by atoms with van der Waals surface area (Å²) in [5, 5.41) is 4.51. The standard InChI is InChI=1S/C21H21N3O3/c1-26-20-10-6-5-7-16(20)14-23-11-12-24-19(21(23)25)13-17(22-24)15-27-18-8-3-2-4-9-18/h2-10,13H,11-12,14-15H2,1H3. The highest BCUT2D eigenvalue weighted by atomic mass is 16.5. The van der Waals surface area contributed by atoms with Crippen molar-refractivity contribution in [1.82, 2.24) is 14.7 Å². The Morgan fingerprint density at radius 3 is 2.63 bits per heavy atom. The van der Waals surface area contributed by atoms with Gasteiger partial charge >= 0.3 is 0 Å². The molecule has 0 bridgehead atoms. The molecule has 0 fully saturated rings. The molecule has 0 atom stereocenters. The molecular weight excluding hydrogens is 342 g/mol. The lowest BCUT2D eigenvalue weighted by atomic mass is 10.1. The first-order chi connectivity index (χ1) is 13.2. The number of hydrogen-bond acceptors (Lipinski definition) is 4. The van der Waals surface area contributed by atoms with Crippen molar-refractivity contribution in [1.29, 1.82) is 0 Å². The second-order valence-corrected chi connectivity index (χ2v) is 6.38. The highest BCUT2D eigenvalue weighted by Crippen LogP contribution is 2.22. The van der Waals surface area contributed by atoms with Crippen molar-refractivity contribution < 1.29 is 14.3 Å². The van der Waals surface area contributed by atoms with Crippen LogP contribution in [0.1, 0.15) is 21.7 Å². The molecule has 1 aliphatic heterocycles. The third-order valence-electron chi connectivity index (χ3n) is 4.60. The number of aromatic nitrogens is 2. The van der Waals surface area contributed by atoms with Gasteiger partial charge in [0.05, 0.1) is 13.7 Å². The van der Waals surface area contributed by atoms with Crippen molar-refractivity contribution in [2.75, 3.05) is 13.7 Å². The van der Waals surface area contributed by atoms with E-state index in [1.54, 1.807) is 11.8 Å². The van der Waals surface area contributed by atoms with Crippen LogP contribution in [0.4, 0.5) is 0 Å². The molecule has 0 aliphatic carbocycles. The zero-order chi connectivity index (χ0) is 18.6. The molecule has 6 heteroatoms. The fraction of sp³-hybridized carbons (Fsp3) is 0.238. The molecule has 2 heterocycles. The number of fused-ring (bicyclic) bond motifs is 1. The summed E-state index contributed by atoms with van der Waals surface area (Å²) in [7, 11) is 1.64. The zero-order valence-corrected chi connectivity index (χ0v) is 15.2. The Morgan fingerprint density at radius 1 is 1.04 bits per heavy atom. The summed E-state index contributed by atoms with van der Waals surface area (Å²) in [6.07, 6.45) is 0. The summed E-state index contributed by atoms with van der Waals surface area (Å²) in [5.74, 6) is 1.56. The van der Waals surface area contributed by atoms with Gasteiger partial charge in [-0.25, -0.2) is 0 Å².